The van der Waals surface area contributed by atoms with Crippen molar-refractivity contribution in [2.24, 2.45) is 28.6 Å². The van der Waals surface area contributed by atoms with Crippen molar-refractivity contribution in [2.45, 2.75) is 89.6 Å². The first-order chi connectivity index (χ1) is 18.6. The normalized spacial score (nSPS) is 37.8. The van der Waals surface area contributed by atoms with Crippen molar-refractivity contribution < 1.29 is 49.1 Å². The maximum Gasteiger partial charge on any atom is 0.328 e. The Morgan fingerprint density at radius 1 is 1.18 bits per heavy atom. The molecule has 0 radical (unpaired) electrons. The highest BCUT2D eigenvalue weighted by Gasteiger charge is 2.68. The Morgan fingerprint density at radius 2 is 1.88 bits per heavy atom. The number of Topliss-reactive ketones (excluding diaryl/α,β-unsaturated/α-hetero) is 1. The van der Waals surface area contributed by atoms with Crippen LogP contribution < -0.4 is 5.32 Å². The number of carbonyl (C=O) groups excluding carboxylic acids is 4. The van der Waals surface area contributed by atoms with Crippen LogP contribution in [0.3, 0.4) is 0 Å². The van der Waals surface area contributed by atoms with Crippen LogP contribution in [0.25, 0.3) is 0 Å². The predicted octanol–water partition coefficient (Wildman–Crippen LogP) is 0.839. The molecule has 11 heteroatoms. The number of carboxylic acid groups (broad SMARTS) is 1. The lowest BCUT2D eigenvalue weighted by molar-refractivity contribution is -0.181. The van der Waals surface area contributed by atoms with Gasteiger partial charge in [0.2, 0.25) is 11.7 Å². The molecule has 9 atom stereocenters. The number of fused-ring (bicyclic) bond motifs is 5. The number of hydrogen-bond acceptors (Lipinski definition) is 9. The Bertz CT molecular complexity index is 1160. The van der Waals surface area contributed by atoms with Crippen LogP contribution in [0.1, 0.15) is 65.7 Å². The number of ketones is 2. The van der Waals surface area contributed by atoms with E-state index in [2.05, 4.69) is 5.32 Å². The molecule has 11 nitrogen and oxygen atoms in total. The van der Waals surface area contributed by atoms with E-state index in [1.54, 1.807) is 12.2 Å². The van der Waals surface area contributed by atoms with E-state index in [1.807, 2.05) is 19.9 Å². The molecule has 3 fully saturated rings. The maximum atomic E-state index is 13.3. The van der Waals surface area contributed by atoms with Crippen LogP contribution in [0.2, 0.25) is 0 Å². The van der Waals surface area contributed by atoms with Gasteiger partial charge in [-0.1, -0.05) is 25.5 Å². The minimum Gasteiger partial charge on any atom is -0.480 e. The van der Waals surface area contributed by atoms with Gasteiger partial charge >= 0.3 is 11.9 Å². The molecule has 5 N–H and O–H groups in total. The van der Waals surface area contributed by atoms with E-state index in [4.69, 9.17) is 9.84 Å². The molecule has 40 heavy (non-hydrogen) atoms. The molecule has 3 saturated carbocycles. The Hall–Kier alpha value is -2.89. The van der Waals surface area contributed by atoms with Crippen LogP contribution in [-0.2, 0) is 28.7 Å². The number of aliphatic carboxylic acids is 1. The van der Waals surface area contributed by atoms with Gasteiger partial charge in [0, 0.05) is 23.2 Å². The van der Waals surface area contributed by atoms with Crippen molar-refractivity contribution in [3.63, 3.8) is 0 Å². The van der Waals surface area contributed by atoms with Crippen molar-refractivity contribution in [3.05, 3.63) is 23.8 Å². The maximum absolute atomic E-state index is 13.3. The molecule has 0 heterocycles. The van der Waals surface area contributed by atoms with Gasteiger partial charge in [-0.15, -0.1) is 0 Å². The minimum absolute atomic E-state index is 0.0351. The van der Waals surface area contributed by atoms with Crippen molar-refractivity contribution >= 4 is 29.4 Å². The lowest BCUT2D eigenvalue weighted by atomic mass is 9.46. The summed E-state index contributed by atoms with van der Waals surface area (Å²) in [5.74, 6) is -3.93. The summed E-state index contributed by atoms with van der Waals surface area (Å²) >= 11 is 0. The average molecular weight is 562 g/mol. The molecule has 0 unspecified atom stereocenters. The van der Waals surface area contributed by atoms with E-state index in [-0.39, 0.29) is 36.4 Å². The first-order valence-electron chi connectivity index (χ1n) is 13.9. The number of aliphatic hydroxyl groups excluding tert-OH is 2. The third kappa shape index (κ3) is 5.03. The molecular weight excluding hydrogens is 522 g/mol. The summed E-state index contributed by atoms with van der Waals surface area (Å²) < 4.78 is 5.08. The van der Waals surface area contributed by atoms with Gasteiger partial charge in [-0.25, -0.2) is 4.79 Å². The van der Waals surface area contributed by atoms with Gasteiger partial charge in [0.15, 0.2) is 18.4 Å². The molecule has 0 aromatic rings. The molecule has 4 aliphatic carbocycles. The first kappa shape index (κ1) is 30.1. The van der Waals surface area contributed by atoms with Crippen molar-refractivity contribution in [1.82, 2.24) is 5.32 Å². The quantitative estimate of drug-likeness (QED) is 0.252. The number of amides is 1. The van der Waals surface area contributed by atoms with E-state index in [0.29, 0.717) is 12.8 Å². The molecule has 4 aliphatic rings. The van der Waals surface area contributed by atoms with Gasteiger partial charge in [0.25, 0.3) is 0 Å². The number of esters is 1. The third-order valence-electron chi connectivity index (χ3n) is 10.1. The number of rotatable bonds is 9. The highest BCUT2D eigenvalue weighted by molar-refractivity contribution is 6.01. The van der Waals surface area contributed by atoms with E-state index in [9.17, 15) is 39.3 Å². The van der Waals surface area contributed by atoms with Crippen LogP contribution in [0.15, 0.2) is 23.8 Å². The number of nitrogens with one attached hydrogen (secondary N) is 1. The number of carboxylic acids is 1. The second-order valence-corrected chi connectivity index (χ2v) is 12.3. The lowest BCUT2D eigenvalue weighted by Gasteiger charge is -2.59. The van der Waals surface area contributed by atoms with Gasteiger partial charge in [-0.05, 0) is 63.0 Å². The van der Waals surface area contributed by atoms with Crippen molar-refractivity contribution in [2.75, 3.05) is 6.61 Å². The second kappa shape index (κ2) is 10.8. The molecule has 0 saturated heterocycles. The lowest BCUT2D eigenvalue weighted by Crippen LogP contribution is -2.61. The van der Waals surface area contributed by atoms with E-state index >= 15 is 0 Å². The molecule has 0 aromatic carbocycles. The fourth-order valence-corrected chi connectivity index (χ4v) is 7.98. The van der Waals surface area contributed by atoms with Crippen LogP contribution in [0.5, 0.6) is 0 Å². The number of aliphatic hydroxyl groups is 3. The zero-order chi connectivity index (χ0) is 29.6. The number of ether oxygens (including phenoxy) is 1. The van der Waals surface area contributed by atoms with Gasteiger partial charge in [0.05, 0.1) is 18.6 Å². The molecule has 220 valence electrons. The third-order valence-corrected chi connectivity index (χ3v) is 10.1. The summed E-state index contributed by atoms with van der Waals surface area (Å²) in [5.41, 5.74) is -2.19. The fraction of sp³-hybridized carbons (Fsp3) is 0.690. The Morgan fingerprint density at radius 3 is 2.52 bits per heavy atom. The zero-order valence-electron chi connectivity index (χ0n) is 23.1. The SMILES string of the molecule is C[C@H](O)[C@H](NC(=O)CCC(=O)OCC(=O)[C@]1(O)CC[C@H]2[C@@H]3CCC4=CC(=O)C=C[C@]4(C)[C@H]3[C@H](O)C[C@@]21C)C(=O)O. The molecule has 0 aliphatic heterocycles. The largest absolute Gasteiger partial charge is 0.480 e. The van der Waals surface area contributed by atoms with Crippen LogP contribution in [0, 0.1) is 28.6 Å². The summed E-state index contributed by atoms with van der Waals surface area (Å²) in [6.07, 6.45) is 4.52. The van der Waals surface area contributed by atoms with Gasteiger partial charge in [-0.2, -0.15) is 0 Å². The van der Waals surface area contributed by atoms with Crippen molar-refractivity contribution in [3.8, 4) is 0 Å². The number of allylic oxidation sites excluding steroid dienone is 4. The topological polar surface area (TPSA) is 188 Å². The standard InChI is InChI=1S/C29H39NO10/c1-15(31)25(26(37)38)30-22(35)6-7-23(36)40-14-21(34)29(39)11-9-19-18-5-4-16-12-17(32)8-10-27(16,2)24(18)20(33)13-28(19,29)3/h8,10,12,15,18-20,24-25,31,33,39H,4-7,9,11,13-14H2,1-3H3,(H,30,35)(H,37,38)/t15-,18-,19-,20+,24+,25-,27-,28-,29+/m0/s1. The predicted molar refractivity (Wildman–Crippen MR) is 139 cm³/mol. The number of carbonyl (C=O) groups is 5. The Kier molecular flexibility index (Phi) is 8.14. The van der Waals surface area contributed by atoms with Gasteiger partial charge in [0.1, 0.15) is 5.60 Å². The summed E-state index contributed by atoms with van der Waals surface area (Å²) in [6.45, 7) is 4.39. The van der Waals surface area contributed by atoms with E-state index < -0.39 is 77.8 Å². The highest BCUT2D eigenvalue weighted by atomic mass is 16.5. The molecule has 0 spiro atoms. The van der Waals surface area contributed by atoms with Crippen LogP contribution in [0.4, 0.5) is 0 Å². The fourth-order valence-electron chi connectivity index (χ4n) is 7.98. The Balaban J connectivity index is 1.38. The van der Waals surface area contributed by atoms with Crippen molar-refractivity contribution in [1.29, 1.82) is 0 Å². The zero-order valence-corrected chi connectivity index (χ0v) is 23.1. The molecule has 0 aromatic heterocycles. The molecule has 0 bridgehead atoms. The second-order valence-electron chi connectivity index (χ2n) is 12.3. The summed E-state index contributed by atoms with van der Waals surface area (Å²) in [6, 6.07) is -1.52. The first-order valence-corrected chi connectivity index (χ1v) is 13.9. The molecular formula is C29H39NO10. The van der Waals surface area contributed by atoms with Crippen LogP contribution >= 0.6 is 0 Å². The average Bonchev–Trinajstić information content (AvgIpc) is 3.15. The highest BCUT2D eigenvalue weighted by Crippen LogP contribution is 2.67. The summed E-state index contributed by atoms with van der Waals surface area (Å²) in [7, 11) is 0. The smallest absolute Gasteiger partial charge is 0.328 e. The van der Waals surface area contributed by atoms with Gasteiger partial charge < -0.3 is 30.5 Å². The number of hydrogen-bond donors (Lipinski definition) is 5. The minimum atomic E-state index is -1.80. The van der Waals surface area contributed by atoms with Gasteiger partial charge in [-0.3, -0.25) is 19.2 Å². The monoisotopic (exact) mass is 561 g/mol. The van der Waals surface area contributed by atoms with Crippen LogP contribution in [-0.4, -0.2) is 80.3 Å². The summed E-state index contributed by atoms with van der Waals surface area (Å²) in [4.78, 5) is 60.6. The Labute approximate surface area is 232 Å². The molecule has 4 rings (SSSR count). The van der Waals surface area contributed by atoms with E-state index in [1.165, 1.54) is 6.92 Å². The summed E-state index contributed by atoms with van der Waals surface area (Å²) in [5, 5.41) is 43.8. The van der Waals surface area contributed by atoms with E-state index in [0.717, 1.165) is 12.0 Å². The molecule has 1 amide bonds.